The summed E-state index contributed by atoms with van der Waals surface area (Å²) in [6, 6.07) is -28.5. The maximum Gasteiger partial charge on any atom is 0.439 e. The van der Waals surface area contributed by atoms with Crippen LogP contribution in [0.25, 0.3) is 0 Å². The number of nitrogens with zero attached hydrogens (tertiary/aromatic N) is 2. The number of halogens is 22. The monoisotopic (exact) mass is 696 g/mol. The molecule has 0 aromatic rings. The van der Waals surface area contributed by atoms with Crippen molar-refractivity contribution in [3.8, 4) is 0 Å². The first kappa shape index (κ1) is 37.4. The van der Waals surface area contributed by atoms with Crippen LogP contribution in [-0.4, -0.2) is 95.1 Å². The molecule has 0 bridgehead atoms. The van der Waals surface area contributed by atoms with Gasteiger partial charge >= 0.3 is 60.5 Å². The van der Waals surface area contributed by atoms with Gasteiger partial charge in [-0.05, 0) is 13.8 Å². The van der Waals surface area contributed by atoms with Gasteiger partial charge < -0.3 is 4.74 Å². The summed E-state index contributed by atoms with van der Waals surface area (Å²) in [7, 11) is 0. The smallest absolute Gasteiger partial charge is 0.363 e. The second kappa shape index (κ2) is 9.88. The van der Waals surface area contributed by atoms with E-state index in [4.69, 9.17) is 0 Å². The van der Waals surface area contributed by atoms with Crippen LogP contribution >= 0.6 is 0 Å². The van der Waals surface area contributed by atoms with Gasteiger partial charge in [0.2, 0.25) is 12.6 Å². The molecule has 2 aliphatic rings. The van der Waals surface area contributed by atoms with Gasteiger partial charge in [-0.1, -0.05) is 0 Å². The van der Waals surface area contributed by atoms with Gasteiger partial charge in [-0.2, -0.15) is 87.8 Å². The Bertz CT molecular complexity index is 920. The molecular formula is C16H10F22N2O3. The van der Waals surface area contributed by atoms with Crippen LogP contribution in [0.3, 0.4) is 0 Å². The molecule has 0 N–H and O–H groups in total. The quantitative estimate of drug-likeness (QED) is 0.201. The van der Waals surface area contributed by atoms with Crippen LogP contribution < -0.4 is 0 Å². The number of ether oxygens (including phenoxy) is 3. The number of hydrogen-bond donors (Lipinski definition) is 0. The van der Waals surface area contributed by atoms with E-state index in [1.54, 1.807) is 0 Å². The summed E-state index contributed by atoms with van der Waals surface area (Å²) in [5.74, 6) is -12.8. The molecule has 0 radical (unpaired) electrons. The predicted octanol–water partition coefficient (Wildman–Crippen LogP) is 7.05. The van der Waals surface area contributed by atoms with E-state index < -0.39 is 109 Å². The zero-order valence-corrected chi connectivity index (χ0v) is 19.7. The largest absolute Gasteiger partial charge is 0.439 e. The summed E-state index contributed by atoms with van der Waals surface area (Å²) in [6.07, 6.45) is -47.5. The molecule has 256 valence electrons. The number of morpholine rings is 2. The summed E-state index contributed by atoms with van der Waals surface area (Å²) in [5.41, 5.74) is 0. The average molecular weight is 696 g/mol. The molecule has 4 unspecified atom stereocenters. The van der Waals surface area contributed by atoms with Crippen molar-refractivity contribution in [2.75, 3.05) is 0 Å². The van der Waals surface area contributed by atoms with Crippen LogP contribution in [-0.2, 0) is 14.2 Å². The highest BCUT2D eigenvalue weighted by Crippen LogP contribution is 2.60. The minimum absolute atomic E-state index is 0.556. The standard InChI is InChI=1S/C16H10F22N2O3/c1-3(7(19,20)5(17)39-9(23,24)13(31,32)42-14(33,34)10(39,25)26)41-4(2)8(21,22)6(18)40-11(27,28)15(35,36)43-16(37,38)12(40,29)30/h3-6H,1-2H3. The van der Waals surface area contributed by atoms with Crippen LogP contribution in [0.5, 0.6) is 0 Å². The lowest BCUT2D eigenvalue weighted by atomic mass is 10.1. The van der Waals surface area contributed by atoms with Gasteiger partial charge in [-0.25, -0.2) is 18.3 Å². The molecule has 4 atom stereocenters. The average Bonchev–Trinajstić information content (AvgIpc) is 2.74. The van der Waals surface area contributed by atoms with Crippen molar-refractivity contribution in [2.24, 2.45) is 0 Å². The van der Waals surface area contributed by atoms with E-state index in [9.17, 15) is 96.6 Å². The molecule has 5 nitrogen and oxygen atoms in total. The topological polar surface area (TPSA) is 34.2 Å². The first-order chi connectivity index (χ1) is 18.5. The van der Waals surface area contributed by atoms with Crippen molar-refractivity contribution in [3.63, 3.8) is 0 Å². The molecule has 2 rings (SSSR count). The van der Waals surface area contributed by atoms with E-state index in [-0.39, 0.29) is 0 Å². The molecule has 0 aromatic heterocycles. The molecular weight excluding hydrogens is 686 g/mol. The second-order valence-electron chi connectivity index (χ2n) is 8.62. The lowest BCUT2D eigenvalue weighted by Gasteiger charge is -2.50. The Hall–Kier alpha value is -1.74. The van der Waals surface area contributed by atoms with Crippen molar-refractivity contribution < 1.29 is 111 Å². The molecule has 0 amide bonds. The molecule has 0 aliphatic carbocycles. The second-order valence-corrected chi connectivity index (χ2v) is 8.62. The van der Waals surface area contributed by atoms with Crippen molar-refractivity contribution in [2.45, 2.75) is 99.1 Å². The van der Waals surface area contributed by atoms with Gasteiger partial charge in [0, 0.05) is 0 Å². The minimum Gasteiger partial charge on any atom is -0.363 e. The highest BCUT2D eigenvalue weighted by molar-refractivity contribution is 5.02. The Morgan fingerprint density at radius 2 is 0.651 bits per heavy atom. The lowest BCUT2D eigenvalue weighted by molar-refractivity contribution is -0.576. The fourth-order valence-corrected chi connectivity index (χ4v) is 3.27. The van der Waals surface area contributed by atoms with Gasteiger partial charge in [-0.3, -0.25) is 0 Å². The molecule has 43 heavy (non-hydrogen) atoms. The zero-order valence-electron chi connectivity index (χ0n) is 19.7. The van der Waals surface area contributed by atoms with Crippen molar-refractivity contribution >= 4 is 0 Å². The molecule has 2 saturated heterocycles. The third-order valence-electron chi connectivity index (χ3n) is 5.70. The van der Waals surface area contributed by atoms with Gasteiger partial charge in [0.05, 0.1) is 0 Å². The van der Waals surface area contributed by atoms with E-state index in [1.165, 1.54) is 0 Å². The number of alkyl halides is 22. The van der Waals surface area contributed by atoms with E-state index in [1.807, 2.05) is 9.47 Å². The van der Waals surface area contributed by atoms with E-state index in [0.29, 0.717) is 0 Å². The van der Waals surface area contributed by atoms with Crippen LogP contribution in [0.4, 0.5) is 96.6 Å². The molecule has 27 heteroatoms. The summed E-state index contributed by atoms with van der Waals surface area (Å²) in [6.45, 7) is -1.11. The van der Waals surface area contributed by atoms with Gasteiger partial charge in [0.1, 0.15) is 12.2 Å². The third kappa shape index (κ3) is 5.22. The van der Waals surface area contributed by atoms with E-state index in [2.05, 4.69) is 4.74 Å². The highest BCUT2D eigenvalue weighted by atomic mass is 19.4. The van der Waals surface area contributed by atoms with Gasteiger partial charge in [0.15, 0.2) is 0 Å². The Morgan fingerprint density at radius 1 is 0.465 bits per heavy atom. The number of hydrogen-bond acceptors (Lipinski definition) is 5. The Balaban J connectivity index is 2.46. The van der Waals surface area contributed by atoms with E-state index in [0.717, 1.165) is 0 Å². The predicted molar refractivity (Wildman–Crippen MR) is 85.1 cm³/mol. The fourth-order valence-electron chi connectivity index (χ4n) is 3.27. The van der Waals surface area contributed by atoms with Gasteiger partial charge in [-0.15, -0.1) is 9.80 Å². The molecule has 0 spiro atoms. The SMILES string of the molecule is CC(OC(C)C(F)(F)C(F)N1C(F)(F)C(F)(F)OC(F)(F)C1(F)F)C(F)(F)C(F)N1C(F)(F)C(F)(F)OC(F)(F)C1(F)F. The first-order valence-corrected chi connectivity index (χ1v) is 10.2. The maximum absolute atomic E-state index is 14.4. The Labute approximate surface area is 221 Å². The molecule has 2 fully saturated rings. The van der Waals surface area contributed by atoms with Crippen LogP contribution in [0.1, 0.15) is 13.8 Å². The number of rotatable bonds is 8. The van der Waals surface area contributed by atoms with Crippen LogP contribution in [0, 0.1) is 0 Å². The van der Waals surface area contributed by atoms with Crippen molar-refractivity contribution in [1.29, 1.82) is 0 Å². The summed E-state index contributed by atoms with van der Waals surface area (Å²) < 4.78 is 309. The van der Waals surface area contributed by atoms with Crippen LogP contribution in [0.15, 0.2) is 0 Å². The first-order valence-electron chi connectivity index (χ1n) is 10.2. The molecule has 2 aliphatic heterocycles. The third-order valence-corrected chi connectivity index (χ3v) is 5.70. The fraction of sp³-hybridized carbons (Fsp3) is 1.00. The maximum atomic E-state index is 14.4. The normalized spacial score (nSPS) is 30.7. The Kier molecular flexibility index (Phi) is 8.60. The summed E-state index contributed by atoms with van der Waals surface area (Å²) >= 11 is 0. The molecule has 0 aromatic carbocycles. The zero-order chi connectivity index (χ0) is 34.6. The summed E-state index contributed by atoms with van der Waals surface area (Å²) in [4.78, 5) is -6.94. The molecule has 2 heterocycles. The minimum atomic E-state index is -7.12. The highest BCUT2D eigenvalue weighted by Gasteiger charge is 2.87. The van der Waals surface area contributed by atoms with Crippen LogP contribution in [0.2, 0.25) is 0 Å². The van der Waals surface area contributed by atoms with Gasteiger partial charge in [0.25, 0.3) is 0 Å². The van der Waals surface area contributed by atoms with Crippen molar-refractivity contribution in [3.05, 3.63) is 0 Å². The summed E-state index contributed by atoms with van der Waals surface area (Å²) in [5, 5.41) is 0. The van der Waals surface area contributed by atoms with Crippen molar-refractivity contribution in [1.82, 2.24) is 9.80 Å². The lowest BCUT2D eigenvalue weighted by Crippen LogP contribution is -2.78. The Morgan fingerprint density at radius 3 is 0.837 bits per heavy atom. The molecule has 0 saturated carbocycles. The van der Waals surface area contributed by atoms with E-state index >= 15 is 0 Å².